The molecule has 2 aromatic rings. The third-order valence-electron chi connectivity index (χ3n) is 3.22. The van der Waals surface area contributed by atoms with Crippen LogP contribution in [-0.2, 0) is 11.2 Å². The summed E-state index contributed by atoms with van der Waals surface area (Å²) >= 11 is 0. The molecule has 3 nitrogen and oxygen atoms in total. The molecule has 0 aliphatic rings. The maximum atomic E-state index is 13.7. The largest absolute Gasteiger partial charge is 0.480 e. The fourth-order valence-corrected chi connectivity index (χ4v) is 2.08. The van der Waals surface area contributed by atoms with Gasteiger partial charge in [-0.05, 0) is 36.8 Å². The molecule has 0 amide bonds. The summed E-state index contributed by atoms with van der Waals surface area (Å²) in [6.45, 7) is 1.44. The molecule has 0 bridgehead atoms. The molecule has 2 rings (SSSR count). The number of anilines is 1. The van der Waals surface area contributed by atoms with E-state index in [1.165, 1.54) is 43.3 Å². The van der Waals surface area contributed by atoms with Gasteiger partial charge in [0.1, 0.15) is 17.2 Å². The van der Waals surface area contributed by atoms with Crippen LogP contribution in [0, 0.1) is 11.6 Å². The lowest BCUT2D eigenvalue weighted by atomic mass is 9.92. The van der Waals surface area contributed by atoms with Crippen LogP contribution in [0.4, 0.5) is 14.5 Å². The molecule has 0 aliphatic heterocycles. The molecular weight excluding hydrogens is 276 g/mol. The van der Waals surface area contributed by atoms with Gasteiger partial charge in [0.15, 0.2) is 0 Å². The molecule has 0 saturated heterocycles. The number of nitrogens with one attached hydrogen (secondary N) is 1. The molecule has 0 aliphatic carbocycles. The first-order valence-electron chi connectivity index (χ1n) is 6.41. The van der Waals surface area contributed by atoms with Crippen molar-refractivity contribution in [1.29, 1.82) is 0 Å². The van der Waals surface area contributed by atoms with Gasteiger partial charge in [0.05, 0.1) is 0 Å². The van der Waals surface area contributed by atoms with Crippen LogP contribution in [0.15, 0.2) is 48.5 Å². The molecule has 0 radical (unpaired) electrons. The maximum absolute atomic E-state index is 13.7. The van der Waals surface area contributed by atoms with Gasteiger partial charge in [-0.15, -0.1) is 0 Å². The van der Waals surface area contributed by atoms with E-state index in [4.69, 9.17) is 0 Å². The summed E-state index contributed by atoms with van der Waals surface area (Å²) in [7, 11) is 0. The average Bonchev–Trinajstić information content (AvgIpc) is 2.41. The lowest BCUT2D eigenvalue weighted by molar-refractivity contribution is -0.141. The Morgan fingerprint density at radius 1 is 1.19 bits per heavy atom. The van der Waals surface area contributed by atoms with Gasteiger partial charge in [0.25, 0.3) is 0 Å². The van der Waals surface area contributed by atoms with E-state index in [2.05, 4.69) is 5.32 Å². The Morgan fingerprint density at radius 2 is 1.90 bits per heavy atom. The Bertz CT molecular complexity index is 660. The highest BCUT2D eigenvalue weighted by Gasteiger charge is 2.34. The molecule has 1 unspecified atom stereocenters. The Hall–Kier alpha value is -2.43. The van der Waals surface area contributed by atoms with Crippen LogP contribution in [0.1, 0.15) is 12.5 Å². The Morgan fingerprint density at radius 3 is 2.52 bits per heavy atom. The van der Waals surface area contributed by atoms with Crippen molar-refractivity contribution >= 4 is 11.7 Å². The molecule has 0 fully saturated rings. The van der Waals surface area contributed by atoms with E-state index < -0.39 is 23.1 Å². The van der Waals surface area contributed by atoms with Gasteiger partial charge < -0.3 is 10.4 Å². The van der Waals surface area contributed by atoms with Crippen LogP contribution < -0.4 is 5.32 Å². The van der Waals surface area contributed by atoms with Crippen LogP contribution in [0.3, 0.4) is 0 Å². The quantitative estimate of drug-likeness (QED) is 0.887. The number of hydrogen-bond donors (Lipinski definition) is 2. The fraction of sp³-hybridized carbons (Fsp3) is 0.188. The van der Waals surface area contributed by atoms with Crippen LogP contribution in [0.2, 0.25) is 0 Å². The summed E-state index contributed by atoms with van der Waals surface area (Å²) in [5.41, 5.74) is -0.835. The van der Waals surface area contributed by atoms with Gasteiger partial charge in [0.2, 0.25) is 0 Å². The highest BCUT2D eigenvalue weighted by molar-refractivity contribution is 5.82. The van der Waals surface area contributed by atoms with Gasteiger partial charge >= 0.3 is 5.97 Å². The molecule has 21 heavy (non-hydrogen) atoms. The van der Waals surface area contributed by atoms with E-state index in [0.717, 1.165) is 0 Å². The van der Waals surface area contributed by atoms with Crippen LogP contribution in [-0.4, -0.2) is 16.6 Å². The Kier molecular flexibility index (Phi) is 4.21. The SMILES string of the molecule is CC(Cc1ccccc1F)(Nc1cccc(F)c1)C(=O)O. The van der Waals surface area contributed by atoms with Crippen LogP contribution in [0.5, 0.6) is 0 Å². The predicted octanol–water partition coefficient (Wildman–Crippen LogP) is 3.46. The van der Waals surface area contributed by atoms with Gasteiger partial charge in [-0.3, -0.25) is 0 Å². The van der Waals surface area contributed by atoms with Crippen molar-refractivity contribution in [2.45, 2.75) is 18.9 Å². The minimum absolute atomic E-state index is 0.0640. The van der Waals surface area contributed by atoms with Crippen molar-refractivity contribution in [3.63, 3.8) is 0 Å². The van der Waals surface area contributed by atoms with Crippen molar-refractivity contribution in [3.8, 4) is 0 Å². The topological polar surface area (TPSA) is 49.3 Å². The second kappa shape index (κ2) is 5.91. The van der Waals surface area contributed by atoms with E-state index >= 15 is 0 Å². The fourth-order valence-electron chi connectivity index (χ4n) is 2.08. The van der Waals surface area contributed by atoms with Crippen molar-refractivity contribution in [2.75, 3.05) is 5.32 Å². The molecule has 2 N–H and O–H groups in total. The zero-order valence-corrected chi connectivity index (χ0v) is 11.4. The van der Waals surface area contributed by atoms with E-state index in [9.17, 15) is 18.7 Å². The monoisotopic (exact) mass is 291 g/mol. The summed E-state index contributed by atoms with van der Waals surface area (Å²) in [5, 5.41) is 12.2. The summed E-state index contributed by atoms with van der Waals surface area (Å²) in [6.07, 6.45) is -0.0640. The molecule has 1 atom stereocenters. The molecule has 2 aromatic carbocycles. The van der Waals surface area contributed by atoms with Gasteiger partial charge in [0, 0.05) is 12.1 Å². The first-order chi connectivity index (χ1) is 9.90. The number of hydrogen-bond acceptors (Lipinski definition) is 2. The first-order valence-corrected chi connectivity index (χ1v) is 6.41. The standard InChI is InChI=1S/C16H15F2NO2/c1-16(15(20)21,10-11-5-2-3-8-14(11)18)19-13-7-4-6-12(17)9-13/h2-9,19H,10H2,1H3,(H,20,21). The second-order valence-corrected chi connectivity index (χ2v) is 5.04. The zero-order chi connectivity index (χ0) is 15.5. The smallest absolute Gasteiger partial charge is 0.329 e. The summed E-state index contributed by atoms with van der Waals surface area (Å²) in [6, 6.07) is 11.5. The number of carboxylic acids is 1. The molecule has 0 aromatic heterocycles. The van der Waals surface area contributed by atoms with Crippen molar-refractivity contribution in [2.24, 2.45) is 0 Å². The molecule has 0 heterocycles. The van der Waals surface area contributed by atoms with Crippen LogP contribution in [0.25, 0.3) is 0 Å². The van der Waals surface area contributed by atoms with E-state index in [1.54, 1.807) is 12.1 Å². The average molecular weight is 291 g/mol. The number of benzene rings is 2. The van der Waals surface area contributed by atoms with Gasteiger partial charge in [-0.25, -0.2) is 13.6 Å². The minimum atomic E-state index is -1.45. The Balaban J connectivity index is 2.29. The normalized spacial score (nSPS) is 13.5. The van der Waals surface area contributed by atoms with E-state index in [-0.39, 0.29) is 12.0 Å². The Labute approximate surface area is 121 Å². The van der Waals surface area contributed by atoms with Crippen molar-refractivity contribution in [3.05, 3.63) is 65.7 Å². The molecule has 0 spiro atoms. The molecular formula is C16H15F2NO2. The first kappa shape index (κ1) is 15.0. The number of carboxylic acid groups (broad SMARTS) is 1. The lowest BCUT2D eigenvalue weighted by Gasteiger charge is -2.27. The van der Waals surface area contributed by atoms with Crippen LogP contribution >= 0.6 is 0 Å². The lowest BCUT2D eigenvalue weighted by Crippen LogP contribution is -2.45. The summed E-state index contributed by atoms with van der Waals surface area (Å²) in [4.78, 5) is 11.5. The highest BCUT2D eigenvalue weighted by Crippen LogP contribution is 2.22. The van der Waals surface area contributed by atoms with E-state index in [0.29, 0.717) is 5.69 Å². The summed E-state index contributed by atoms with van der Waals surface area (Å²) < 4.78 is 26.9. The number of rotatable bonds is 5. The number of carbonyl (C=O) groups is 1. The second-order valence-electron chi connectivity index (χ2n) is 5.04. The van der Waals surface area contributed by atoms with Crippen molar-refractivity contribution in [1.82, 2.24) is 0 Å². The third kappa shape index (κ3) is 3.56. The molecule has 5 heteroatoms. The minimum Gasteiger partial charge on any atom is -0.480 e. The van der Waals surface area contributed by atoms with Crippen molar-refractivity contribution < 1.29 is 18.7 Å². The van der Waals surface area contributed by atoms with Gasteiger partial charge in [-0.2, -0.15) is 0 Å². The maximum Gasteiger partial charge on any atom is 0.329 e. The predicted molar refractivity (Wildman–Crippen MR) is 76.2 cm³/mol. The number of aliphatic carboxylic acids is 1. The number of halogens is 2. The van der Waals surface area contributed by atoms with E-state index in [1.807, 2.05) is 0 Å². The third-order valence-corrected chi connectivity index (χ3v) is 3.22. The highest BCUT2D eigenvalue weighted by atomic mass is 19.1. The molecule has 110 valence electrons. The zero-order valence-electron chi connectivity index (χ0n) is 11.4. The van der Waals surface area contributed by atoms with Gasteiger partial charge in [-0.1, -0.05) is 24.3 Å². The summed E-state index contributed by atoms with van der Waals surface area (Å²) in [5.74, 6) is -2.08. The molecule has 0 saturated carbocycles.